The van der Waals surface area contributed by atoms with Gasteiger partial charge < -0.3 is 4.90 Å². The van der Waals surface area contributed by atoms with Crippen LogP contribution in [0, 0.1) is 24.2 Å². The van der Waals surface area contributed by atoms with Gasteiger partial charge in [0.05, 0.1) is 22.0 Å². The molecule has 3 aromatic carbocycles. The third-order valence-electron chi connectivity index (χ3n) is 6.88. The summed E-state index contributed by atoms with van der Waals surface area (Å²) in [7, 11) is -3.99. The van der Waals surface area contributed by atoms with E-state index in [9.17, 15) is 13.7 Å². The summed E-state index contributed by atoms with van der Waals surface area (Å²) in [5.41, 5.74) is 3.75. The minimum atomic E-state index is -3.99. The standard InChI is InChI=1S/C29H28N4O2S/c1-21-11-13-24(14-12-21)36(34,35)27(20-30)28-29(32-26-10-6-5-9-25(26)31-28)33-17-15-23(16-18-33)19-22-7-3-2-4-8-22/h2-14,23,27H,15-19H2,1H3/t27-/m0/s1. The lowest BCUT2D eigenvalue weighted by Crippen LogP contribution is -2.36. The van der Waals surface area contributed by atoms with Crippen LogP contribution < -0.4 is 4.90 Å². The Hall–Kier alpha value is -3.76. The molecule has 6 nitrogen and oxygen atoms in total. The number of para-hydroxylation sites is 2. The zero-order chi connectivity index (χ0) is 25.1. The molecule has 0 amide bonds. The molecular formula is C29H28N4O2S. The van der Waals surface area contributed by atoms with Gasteiger partial charge in [0.25, 0.3) is 0 Å². The molecule has 7 heteroatoms. The average molecular weight is 497 g/mol. The molecule has 0 aliphatic carbocycles. The van der Waals surface area contributed by atoms with Crippen molar-refractivity contribution in [3.8, 4) is 6.07 Å². The van der Waals surface area contributed by atoms with Crippen LogP contribution in [0.1, 0.15) is 34.9 Å². The molecule has 0 N–H and O–H groups in total. The predicted octanol–water partition coefficient (Wildman–Crippen LogP) is 5.44. The van der Waals surface area contributed by atoms with Crippen LogP contribution in [0.2, 0.25) is 0 Å². The molecule has 4 aromatic rings. The summed E-state index contributed by atoms with van der Waals surface area (Å²) in [6, 6.07) is 26.5. The summed E-state index contributed by atoms with van der Waals surface area (Å²) in [4.78, 5) is 11.8. The molecule has 1 aliphatic rings. The number of hydrogen-bond donors (Lipinski definition) is 0. The molecule has 1 aromatic heterocycles. The van der Waals surface area contributed by atoms with Crippen LogP contribution in [-0.4, -0.2) is 31.5 Å². The van der Waals surface area contributed by atoms with Crippen molar-refractivity contribution < 1.29 is 8.42 Å². The molecule has 0 saturated carbocycles. The number of sulfone groups is 1. The summed E-state index contributed by atoms with van der Waals surface area (Å²) in [6.45, 7) is 3.37. The number of nitriles is 1. The largest absolute Gasteiger partial charge is 0.355 e. The van der Waals surface area contributed by atoms with Gasteiger partial charge in [-0.15, -0.1) is 0 Å². The van der Waals surface area contributed by atoms with E-state index in [0.29, 0.717) is 22.8 Å². The van der Waals surface area contributed by atoms with Crippen molar-refractivity contribution in [2.45, 2.75) is 36.3 Å². The Morgan fingerprint density at radius 3 is 2.17 bits per heavy atom. The molecule has 36 heavy (non-hydrogen) atoms. The molecule has 1 aliphatic heterocycles. The molecular weight excluding hydrogens is 468 g/mol. The summed E-state index contributed by atoms with van der Waals surface area (Å²) < 4.78 is 27.2. The fraction of sp³-hybridized carbons (Fsp3) is 0.276. The first kappa shape index (κ1) is 24.0. The van der Waals surface area contributed by atoms with Gasteiger partial charge in [-0.3, -0.25) is 0 Å². The Bertz CT molecular complexity index is 1500. The third-order valence-corrected chi connectivity index (χ3v) is 8.76. The quantitative estimate of drug-likeness (QED) is 0.353. The molecule has 1 fully saturated rings. The number of aromatic nitrogens is 2. The number of anilines is 1. The minimum absolute atomic E-state index is 0.113. The lowest BCUT2D eigenvalue weighted by molar-refractivity contribution is 0.402. The van der Waals surface area contributed by atoms with E-state index < -0.39 is 15.1 Å². The minimum Gasteiger partial charge on any atom is -0.355 e. The lowest BCUT2D eigenvalue weighted by Gasteiger charge is -2.34. The number of hydrogen-bond acceptors (Lipinski definition) is 6. The van der Waals surface area contributed by atoms with E-state index in [-0.39, 0.29) is 10.6 Å². The normalized spacial score (nSPS) is 15.5. The van der Waals surface area contributed by atoms with Gasteiger partial charge in [0.2, 0.25) is 9.84 Å². The van der Waals surface area contributed by atoms with E-state index in [0.717, 1.165) is 37.9 Å². The van der Waals surface area contributed by atoms with E-state index in [4.69, 9.17) is 9.97 Å². The van der Waals surface area contributed by atoms with E-state index in [2.05, 4.69) is 29.2 Å². The topological polar surface area (TPSA) is 86.9 Å². The Morgan fingerprint density at radius 2 is 1.53 bits per heavy atom. The number of fused-ring (bicyclic) bond motifs is 1. The molecule has 0 spiro atoms. The molecule has 5 rings (SSSR count). The summed E-state index contributed by atoms with van der Waals surface area (Å²) in [5.74, 6) is 1.04. The van der Waals surface area contributed by atoms with E-state index >= 15 is 0 Å². The highest BCUT2D eigenvalue weighted by Crippen LogP contribution is 2.35. The zero-order valence-corrected chi connectivity index (χ0v) is 21.0. The summed E-state index contributed by atoms with van der Waals surface area (Å²) in [6.07, 6.45) is 2.95. The maximum Gasteiger partial charge on any atom is 0.200 e. The Kier molecular flexibility index (Phi) is 6.71. The van der Waals surface area contributed by atoms with Crippen LogP contribution in [-0.2, 0) is 16.3 Å². The van der Waals surface area contributed by atoms with Gasteiger partial charge in [-0.2, -0.15) is 5.26 Å². The maximum atomic E-state index is 13.6. The first-order chi connectivity index (χ1) is 17.5. The number of rotatable bonds is 6. The van der Waals surface area contributed by atoms with Gasteiger partial charge in [0, 0.05) is 13.1 Å². The van der Waals surface area contributed by atoms with Crippen LogP contribution in [0.15, 0.2) is 83.8 Å². The molecule has 1 saturated heterocycles. The van der Waals surface area contributed by atoms with Gasteiger partial charge in [-0.1, -0.05) is 60.2 Å². The average Bonchev–Trinajstić information content (AvgIpc) is 2.90. The fourth-order valence-electron chi connectivity index (χ4n) is 4.85. The Balaban J connectivity index is 1.49. The summed E-state index contributed by atoms with van der Waals surface area (Å²) >= 11 is 0. The van der Waals surface area contributed by atoms with Crippen molar-refractivity contribution in [3.63, 3.8) is 0 Å². The molecule has 2 heterocycles. The molecule has 0 radical (unpaired) electrons. The van der Waals surface area contributed by atoms with Crippen LogP contribution in [0.25, 0.3) is 11.0 Å². The molecule has 0 unspecified atom stereocenters. The second-order valence-corrected chi connectivity index (χ2v) is 11.4. The Morgan fingerprint density at radius 1 is 0.917 bits per heavy atom. The first-order valence-corrected chi connectivity index (χ1v) is 13.8. The summed E-state index contributed by atoms with van der Waals surface area (Å²) in [5, 5.41) is 8.67. The van der Waals surface area contributed by atoms with Crippen molar-refractivity contribution in [2.75, 3.05) is 18.0 Å². The van der Waals surface area contributed by atoms with Crippen LogP contribution in [0.5, 0.6) is 0 Å². The highest BCUT2D eigenvalue weighted by atomic mass is 32.2. The van der Waals surface area contributed by atoms with Gasteiger partial charge >= 0.3 is 0 Å². The molecule has 182 valence electrons. The van der Waals surface area contributed by atoms with E-state index in [1.165, 1.54) is 5.56 Å². The second kappa shape index (κ2) is 10.1. The molecule has 0 bridgehead atoms. The van der Waals surface area contributed by atoms with Crippen LogP contribution in [0.4, 0.5) is 5.82 Å². The van der Waals surface area contributed by atoms with E-state index in [1.807, 2.05) is 37.3 Å². The highest BCUT2D eigenvalue weighted by molar-refractivity contribution is 7.92. The number of aryl methyl sites for hydroxylation is 1. The first-order valence-electron chi connectivity index (χ1n) is 12.2. The highest BCUT2D eigenvalue weighted by Gasteiger charge is 2.35. The van der Waals surface area contributed by atoms with Gasteiger partial charge in [-0.05, 0) is 61.9 Å². The third kappa shape index (κ3) is 4.82. The van der Waals surface area contributed by atoms with Crippen molar-refractivity contribution in [3.05, 3.63) is 95.7 Å². The van der Waals surface area contributed by atoms with Crippen molar-refractivity contribution in [1.82, 2.24) is 9.97 Å². The smallest absolute Gasteiger partial charge is 0.200 e. The second-order valence-electron chi connectivity index (χ2n) is 9.41. The predicted molar refractivity (Wildman–Crippen MR) is 141 cm³/mol. The number of benzene rings is 3. The lowest BCUT2D eigenvalue weighted by atomic mass is 9.90. The van der Waals surface area contributed by atoms with Gasteiger partial charge in [0.15, 0.2) is 11.1 Å². The molecule has 1 atom stereocenters. The van der Waals surface area contributed by atoms with Crippen molar-refractivity contribution in [2.24, 2.45) is 5.92 Å². The van der Waals surface area contributed by atoms with Crippen molar-refractivity contribution >= 4 is 26.7 Å². The zero-order valence-electron chi connectivity index (χ0n) is 20.2. The monoisotopic (exact) mass is 496 g/mol. The van der Waals surface area contributed by atoms with E-state index in [1.54, 1.807) is 30.3 Å². The fourth-order valence-corrected chi connectivity index (χ4v) is 6.23. The number of nitrogens with zero attached hydrogens (tertiary/aromatic N) is 4. The number of piperidine rings is 1. The van der Waals surface area contributed by atoms with Gasteiger partial charge in [-0.25, -0.2) is 18.4 Å². The Labute approximate surface area is 212 Å². The maximum absolute atomic E-state index is 13.6. The van der Waals surface area contributed by atoms with Crippen molar-refractivity contribution in [1.29, 1.82) is 5.26 Å². The van der Waals surface area contributed by atoms with Crippen LogP contribution >= 0.6 is 0 Å². The SMILES string of the molecule is Cc1ccc(S(=O)(=O)[C@@H](C#N)c2nc3ccccc3nc2N2CCC(Cc3ccccc3)CC2)cc1. The van der Waals surface area contributed by atoms with Gasteiger partial charge in [0.1, 0.15) is 5.69 Å². The van der Waals surface area contributed by atoms with Crippen LogP contribution in [0.3, 0.4) is 0 Å².